The van der Waals surface area contributed by atoms with E-state index in [-0.39, 0.29) is 5.91 Å². The number of ether oxygens (including phenoxy) is 1. The first-order chi connectivity index (χ1) is 10.2. The van der Waals surface area contributed by atoms with Crippen LogP contribution in [0.1, 0.15) is 6.92 Å². The maximum atomic E-state index is 12.3. The molecule has 3 nitrogen and oxygen atoms in total. The highest BCUT2D eigenvalue weighted by molar-refractivity contribution is 7.99. The number of hydrogen-bond donors (Lipinski definition) is 1. The molecule has 0 aromatic heterocycles. The van der Waals surface area contributed by atoms with Crippen molar-refractivity contribution in [1.82, 2.24) is 0 Å². The van der Waals surface area contributed by atoms with Crippen molar-refractivity contribution in [3.63, 3.8) is 0 Å². The second-order valence-electron chi connectivity index (χ2n) is 5.42. The van der Waals surface area contributed by atoms with E-state index in [0.717, 1.165) is 15.5 Å². The summed E-state index contributed by atoms with van der Waals surface area (Å²) in [5, 5.41) is 3.03. The van der Waals surface area contributed by atoms with Crippen LogP contribution >= 0.6 is 11.8 Å². The molecule has 0 aliphatic carbocycles. The molecule has 0 unspecified atom stereocenters. The third-order valence-corrected chi connectivity index (χ3v) is 4.58. The Hall–Kier alpha value is -1.78. The van der Waals surface area contributed by atoms with E-state index in [0.29, 0.717) is 13.2 Å². The van der Waals surface area contributed by atoms with Crippen LogP contribution in [0.3, 0.4) is 0 Å². The first-order valence-corrected chi connectivity index (χ1v) is 7.70. The number of carbonyl (C=O) groups is 1. The molecule has 1 fully saturated rings. The minimum absolute atomic E-state index is 0.0230. The van der Waals surface area contributed by atoms with E-state index < -0.39 is 5.41 Å². The Kier molecular flexibility index (Phi) is 3.99. The fourth-order valence-electron chi connectivity index (χ4n) is 2.09. The zero-order chi connectivity index (χ0) is 14.7. The number of rotatable bonds is 4. The fraction of sp³-hybridized carbons (Fsp3) is 0.235. The van der Waals surface area contributed by atoms with Crippen LogP contribution < -0.4 is 5.32 Å². The van der Waals surface area contributed by atoms with Gasteiger partial charge in [0.25, 0.3) is 0 Å². The average Bonchev–Trinajstić information content (AvgIpc) is 2.48. The molecule has 1 aliphatic rings. The summed E-state index contributed by atoms with van der Waals surface area (Å²) in [7, 11) is 0. The van der Waals surface area contributed by atoms with Gasteiger partial charge in [0.1, 0.15) is 0 Å². The lowest BCUT2D eigenvalue weighted by Crippen LogP contribution is -2.49. The van der Waals surface area contributed by atoms with E-state index in [1.54, 1.807) is 11.8 Å². The van der Waals surface area contributed by atoms with E-state index in [1.807, 2.05) is 49.4 Å². The van der Waals surface area contributed by atoms with E-state index in [9.17, 15) is 4.79 Å². The maximum Gasteiger partial charge on any atom is 0.235 e. The molecule has 1 saturated heterocycles. The number of nitrogens with one attached hydrogen (secondary N) is 1. The molecule has 1 N–H and O–H groups in total. The molecule has 2 aromatic carbocycles. The van der Waals surface area contributed by atoms with Crippen molar-refractivity contribution < 1.29 is 9.53 Å². The van der Waals surface area contributed by atoms with Gasteiger partial charge in [-0.2, -0.15) is 0 Å². The number of para-hydroxylation sites is 1. The standard InChI is InChI=1S/C17H17NO2S/c1-17(11-20-12-17)16(19)18-14-9-5-6-10-15(14)21-13-7-3-2-4-8-13/h2-10H,11-12H2,1H3,(H,18,19). The summed E-state index contributed by atoms with van der Waals surface area (Å²) in [5.74, 6) is 0.0230. The summed E-state index contributed by atoms with van der Waals surface area (Å²) in [4.78, 5) is 14.5. The van der Waals surface area contributed by atoms with Gasteiger partial charge in [-0.05, 0) is 31.2 Å². The van der Waals surface area contributed by atoms with Crippen LogP contribution in [0.4, 0.5) is 5.69 Å². The normalized spacial score (nSPS) is 16.0. The minimum atomic E-state index is -0.398. The Labute approximate surface area is 128 Å². The third-order valence-electron chi connectivity index (χ3n) is 3.50. The number of hydrogen-bond acceptors (Lipinski definition) is 3. The largest absolute Gasteiger partial charge is 0.379 e. The molecule has 1 heterocycles. The van der Waals surface area contributed by atoms with E-state index in [1.165, 1.54) is 0 Å². The minimum Gasteiger partial charge on any atom is -0.379 e. The Balaban J connectivity index is 1.78. The summed E-state index contributed by atoms with van der Waals surface area (Å²) in [6, 6.07) is 18.0. The van der Waals surface area contributed by atoms with Crippen LogP contribution in [0.25, 0.3) is 0 Å². The van der Waals surface area contributed by atoms with Gasteiger partial charge in [0, 0.05) is 9.79 Å². The van der Waals surface area contributed by atoms with Gasteiger partial charge in [0.2, 0.25) is 5.91 Å². The Morgan fingerprint density at radius 3 is 2.43 bits per heavy atom. The monoisotopic (exact) mass is 299 g/mol. The second-order valence-corrected chi connectivity index (χ2v) is 6.53. The van der Waals surface area contributed by atoms with Gasteiger partial charge in [0.15, 0.2) is 0 Å². The lowest BCUT2D eigenvalue weighted by Gasteiger charge is -2.36. The van der Waals surface area contributed by atoms with Gasteiger partial charge < -0.3 is 10.1 Å². The molecule has 4 heteroatoms. The maximum absolute atomic E-state index is 12.3. The molecule has 0 atom stereocenters. The number of carbonyl (C=O) groups excluding carboxylic acids is 1. The van der Waals surface area contributed by atoms with Crippen LogP contribution in [0.5, 0.6) is 0 Å². The van der Waals surface area contributed by atoms with Crippen molar-refractivity contribution in [3.8, 4) is 0 Å². The Morgan fingerprint density at radius 1 is 1.10 bits per heavy atom. The van der Waals surface area contributed by atoms with Gasteiger partial charge in [0.05, 0.1) is 24.3 Å². The van der Waals surface area contributed by atoms with Gasteiger partial charge in [-0.15, -0.1) is 0 Å². The summed E-state index contributed by atoms with van der Waals surface area (Å²) in [5.41, 5.74) is 0.453. The first-order valence-electron chi connectivity index (χ1n) is 6.88. The van der Waals surface area contributed by atoms with Crippen molar-refractivity contribution in [3.05, 3.63) is 54.6 Å². The molecular formula is C17H17NO2S. The highest BCUT2D eigenvalue weighted by Crippen LogP contribution is 2.35. The molecule has 108 valence electrons. The Morgan fingerprint density at radius 2 is 1.76 bits per heavy atom. The fourth-order valence-corrected chi connectivity index (χ4v) is 3.01. The third kappa shape index (κ3) is 3.12. The molecule has 21 heavy (non-hydrogen) atoms. The summed E-state index contributed by atoms with van der Waals surface area (Å²) in [6.45, 7) is 2.92. The lowest BCUT2D eigenvalue weighted by molar-refractivity contribution is -0.151. The van der Waals surface area contributed by atoms with Gasteiger partial charge in [-0.25, -0.2) is 0 Å². The molecule has 3 rings (SSSR count). The summed E-state index contributed by atoms with van der Waals surface area (Å²) < 4.78 is 5.16. The lowest BCUT2D eigenvalue weighted by atomic mass is 9.87. The summed E-state index contributed by atoms with van der Waals surface area (Å²) in [6.07, 6.45) is 0. The quantitative estimate of drug-likeness (QED) is 0.933. The molecule has 0 bridgehead atoms. The van der Waals surface area contributed by atoms with Crippen molar-refractivity contribution in [2.45, 2.75) is 16.7 Å². The van der Waals surface area contributed by atoms with Crippen molar-refractivity contribution >= 4 is 23.4 Å². The van der Waals surface area contributed by atoms with Crippen LogP contribution in [0.15, 0.2) is 64.4 Å². The van der Waals surface area contributed by atoms with E-state index in [2.05, 4.69) is 17.4 Å². The molecule has 0 radical (unpaired) electrons. The van der Waals surface area contributed by atoms with Gasteiger partial charge in [-0.3, -0.25) is 4.79 Å². The van der Waals surface area contributed by atoms with Crippen LogP contribution in [-0.2, 0) is 9.53 Å². The molecule has 1 aliphatic heterocycles. The molecular weight excluding hydrogens is 282 g/mol. The van der Waals surface area contributed by atoms with Crippen LogP contribution in [0, 0.1) is 5.41 Å². The van der Waals surface area contributed by atoms with Crippen LogP contribution in [-0.4, -0.2) is 19.1 Å². The highest BCUT2D eigenvalue weighted by Gasteiger charge is 2.41. The van der Waals surface area contributed by atoms with Gasteiger partial charge >= 0.3 is 0 Å². The molecule has 1 amide bonds. The van der Waals surface area contributed by atoms with Gasteiger partial charge in [-0.1, -0.05) is 42.1 Å². The van der Waals surface area contributed by atoms with Crippen molar-refractivity contribution in [2.75, 3.05) is 18.5 Å². The van der Waals surface area contributed by atoms with E-state index >= 15 is 0 Å². The number of amides is 1. The molecule has 2 aromatic rings. The average molecular weight is 299 g/mol. The Bertz CT molecular complexity index is 638. The molecule has 0 spiro atoms. The van der Waals surface area contributed by atoms with E-state index in [4.69, 9.17) is 4.74 Å². The zero-order valence-electron chi connectivity index (χ0n) is 11.8. The predicted molar refractivity (Wildman–Crippen MR) is 84.6 cm³/mol. The number of benzene rings is 2. The SMILES string of the molecule is CC1(C(=O)Nc2ccccc2Sc2ccccc2)COC1. The second kappa shape index (κ2) is 5.92. The highest BCUT2D eigenvalue weighted by atomic mass is 32.2. The summed E-state index contributed by atoms with van der Waals surface area (Å²) >= 11 is 1.65. The molecule has 0 saturated carbocycles. The predicted octanol–water partition coefficient (Wildman–Crippen LogP) is 3.81. The first kappa shape index (κ1) is 14.2. The van der Waals surface area contributed by atoms with Crippen LogP contribution in [0.2, 0.25) is 0 Å². The number of anilines is 1. The van der Waals surface area contributed by atoms with Crippen molar-refractivity contribution in [1.29, 1.82) is 0 Å². The zero-order valence-corrected chi connectivity index (χ0v) is 12.7. The topological polar surface area (TPSA) is 38.3 Å². The van der Waals surface area contributed by atoms with Crippen molar-refractivity contribution in [2.24, 2.45) is 5.41 Å². The smallest absolute Gasteiger partial charge is 0.235 e.